The van der Waals surface area contributed by atoms with Crippen LogP contribution in [0.4, 0.5) is 0 Å². The molecule has 8 heteroatoms. The fourth-order valence-electron chi connectivity index (χ4n) is 5.63. The van der Waals surface area contributed by atoms with E-state index in [9.17, 15) is 9.59 Å². The molecule has 2 heterocycles. The first-order chi connectivity index (χ1) is 21.5. The maximum Gasteiger partial charge on any atom is 0.240 e. The van der Waals surface area contributed by atoms with Gasteiger partial charge in [-0.1, -0.05) is 60.7 Å². The molecular weight excluding hydrogens is 552 g/mol. The lowest BCUT2D eigenvalue weighted by Crippen LogP contribution is -2.24. The van der Waals surface area contributed by atoms with Gasteiger partial charge in [0.05, 0.1) is 23.5 Å². The molecule has 8 nitrogen and oxygen atoms in total. The maximum absolute atomic E-state index is 12.3. The first-order valence-electron chi connectivity index (χ1n) is 14.8. The Kier molecular flexibility index (Phi) is 8.50. The highest BCUT2D eigenvalue weighted by molar-refractivity contribution is 6.03. The van der Waals surface area contributed by atoms with Crippen LogP contribution in [0.15, 0.2) is 119 Å². The molecular formula is C36H34N4O4. The Morgan fingerprint density at radius 1 is 0.591 bits per heavy atom. The van der Waals surface area contributed by atoms with E-state index in [0.29, 0.717) is 26.1 Å². The van der Waals surface area contributed by atoms with Gasteiger partial charge in [-0.3, -0.25) is 9.59 Å². The fourth-order valence-corrected chi connectivity index (χ4v) is 5.63. The summed E-state index contributed by atoms with van der Waals surface area (Å²) in [7, 11) is 0. The third-order valence-electron chi connectivity index (χ3n) is 7.83. The summed E-state index contributed by atoms with van der Waals surface area (Å²) in [6.45, 7) is 3.86. The highest BCUT2D eigenvalue weighted by Gasteiger charge is 2.32. The molecule has 0 bridgehead atoms. The van der Waals surface area contributed by atoms with Crippen LogP contribution in [0.5, 0.6) is 11.5 Å². The number of benzene rings is 4. The van der Waals surface area contributed by atoms with Gasteiger partial charge < -0.3 is 9.47 Å². The fraction of sp³-hybridized carbons (Fsp3) is 0.222. The van der Waals surface area contributed by atoms with Gasteiger partial charge in [0.2, 0.25) is 11.8 Å². The van der Waals surface area contributed by atoms with Gasteiger partial charge in [0, 0.05) is 26.7 Å². The second-order valence-corrected chi connectivity index (χ2v) is 10.8. The van der Waals surface area contributed by atoms with Crippen LogP contribution in [-0.2, 0) is 9.59 Å². The van der Waals surface area contributed by atoms with E-state index < -0.39 is 0 Å². The molecule has 4 aromatic carbocycles. The monoisotopic (exact) mass is 586 g/mol. The zero-order valence-electron chi connectivity index (χ0n) is 24.8. The van der Waals surface area contributed by atoms with Crippen LogP contribution in [-0.4, -0.2) is 46.5 Å². The summed E-state index contributed by atoms with van der Waals surface area (Å²) in [5.74, 6) is 1.31. The van der Waals surface area contributed by atoms with E-state index in [2.05, 4.69) is 10.2 Å². The van der Waals surface area contributed by atoms with Crippen molar-refractivity contribution in [2.24, 2.45) is 10.2 Å². The van der Waals surface area contributed by atoms with E-state index in [-0.39, 0.29) is 23.9 Å². The van der Waals surface area contributed by atoms with E-state index in [1.807, 2.05) is 109 Å². The van der Waals surface area contributed by atoms with Gasteiger partial charge in [-0.25, -0.2) is 10.0 Å². The molecule has 0 aliphatic carbocycles. The summed E-state index contributed by atoms with van der Waals surface area (Å²) >= 11 is 0. The molecule has 44 heavy (non-hydrogen) atoms. The van der Waals surface area contributed by atoms with Crippen LogP contribution in [0.1, 0.15) is 61.0 Å². The van der Waals surface area contributed by atoms with Crippen molar-refractivity contribution < 1.29 is 19.1 Å². The average Bonchev–Trinajstić information content (AvgIpc) is 3.71. The summed E-state index contributed by atoms with van der Waals surface area (Å²) < 4.78 is 11.8. The average molecular weight is 587 g/mol. The van der Waals surface area contributed by atoms with Crippen LogP contribution < -0.4 is 9.47 Å². The number of nitrogens with zero attached hydrogens (tertiary/aromatic N) is 4. The Morgan fingerprint density at radius 3 is 1.30 bits per heavy atom. The van der Waals surface area contributed by atoms with E-state index in [0.717, 1.165) is 45.2 Å². The molecule has 222 valence electrons. The Bertz CT molecular complexity index is 1540. The van der Waals surface area contributed by atoms with Crippen molar-refractivity contribution in [2.45, 2.75) is 38.8 Å². The molecule has 0 N–H and O–H groups in total. The maximum atomic E-state index is 12.3. The smallest absolute Gasteiger partial charge is 0.240 e. The van der Waals surface area contributed by atoms with Crippen LogP contribution in [0.3, 0.4) is 0 Å². The van der Waals surface area contributed by atoms with Crippen molar-refractivity contribution >= 4 is 23.2 Å². The third kappa shape index (κ3) is 6.39. The highest BCUT2D eigenvalue weighted by atomic mass is 16.5. The number of carbonyl (C=O) groups is 2. The van der Waals surface area contributed by atoms with Crippen LogP contribution in [0, 0.1) is 0 Å². The predicted molar refractivity (Wildman–Crippen MR) is 170 cm³/mol. The Morgan fingerprint density at radius 2 is 0.955 bits per heavy atom. The number of hydrazone groups is 2. The van der Waals surface area contributed by atoms with E-state index in [4.69, 9.17) is 9.47 Å². The summed E-state index contributed by atoms with van der Waals surface area (Å²) in [6, 6.07) is 35.3. The minimum atomic E-state index is -0.0987. The summed E-state index contributed by atoms with van der Waals surface area (Å²) in [6.07, 6.45) is 1.32. The molecule has 0 spiro atoms. The van der Waals surface area contributed by atoms with E-state index in [1.165, 1.54) is 0 Å². The number of ether oxygens (including phenoxy) is 2. The lowest BCUT2D eigenvalue weighted by Gasteiger charge is -2.20. The number of rotatable bonds is 9. The van der Waals surface area contributed by atoms with Gasteiger partial charge in [0.15, 0.2) is 0 Å². The Hall–Kier alpha value is -5.24. The van der Waals surface area contributed by atoms with Gasteiger partial charge in [-0.15, -0.1) is 0 Å². The van der Waals surface area contributed by atoms with Crippen molar-refractivity contribution in [1.29, 1.82) is 0 Å². The molecule has 6 rings (SSSR count). The second-order valence-electron chi connectivity index (χ2n) is 10.8. The van der Waals surface area contributed by atoms with Crippen molar-refractivity contribution in [3.8, 4) is 11.5 Å². The standard InChI is InChI=1S/C36H34N4O4/c1-25(41)39-35(29-9-5-3-6-10-29)23-33(37-39)27-13-17-31(18-14-27)43-21-22-44-32-19-15-28(16-20-32)34-24-36(40(38-34)26(2)42)30-11-7-4-8-12-30/h3-20,35-36H,21-24H2,1-2H3. The molecule has 0 fully saturated rings. The van der Waals surface area contributed by atoms with Gasteiger partial charge in [-0.2, -0.15) is 10.2 Å². The Balaban J connectivity index is 1.00. The molecule has 2 aliphatic rings. The number of carbonyl (C=O) groups excluding carboxylic acids is 2. The van der Waals surface area contributed by atoms with Crippen molar-refractivity contribution in [3.05, 3.63) is 131 Å². The minimum Gasteiger partial charge on any atom is -0.490 e. The van der Waals surface area contributed by atoms with E-state index >= 15 is 0 Å². The first kappa shape index (κ1) is 28.9. The molecule has 0 aromatic heterocycles. The molecule has 0 saturated heterocycles. The van der Waals surface area contributed by atoms with Crippen LogP contribution in [0.25, 0.3) is 0 Å². The SMILES string of the molecule is CC(=O)N1N=C(c2ccc(OCCOc3ccc(C4=NN(C(C)=O)C(c5ccccc5)C4)cc3)cc2)CC1c1ccccc1. The molecule has 2 unspecified atom stereocenters. The topological polar surface area (TPSA) is 83.8 Å². The van der Waals surface area contributed by atoms with Crippen LogP contribution in [0.2, 0.25) is 0 Å². The normalized spacial score (nSPS) is 17.7. The second kappa shape index (κ2) is 13.0. The number of hydrogen-bond donors (Lipinski definition) is 0. The molecule has 2 atom stereocenters. The molecule has 4 aromatic rings. The first-order valence-corrected chi connectivity index (χ1v) is 14.8. The lowest BCUT2D eigenvalue weighted by molar-refractivity contribution is -0.131. The predicted octanol–water partition coefficient (Wildman–Crippen LogP) is 6.54. The Labute approximate surface area is 257 Å². The minimum absolute atomic E-state index is 0.0768. The summed E-state index contributed by atoms with van der Waals surface area (Å²) in [4.78, 5) is 24.5. The quantitative estimate of drug-likeness (QED) is 0.209. The van der Waals surface area contributed by atoms with Gasteiger partial charge in [-0.05, 0) is 70.8 Å². The van der Waals surface area contributed by atoms with Crippen molar-refractivity contribution in [3.63, 3.8) is 0 Å². The molecule has 0 saturated carbocycles. The van der Waals surface area contributed by atoms with Gasteiger partial charge in [0.25, 0.3) is 0 Å². The molecule has 2 amide bonds. The summed E-state index contributed by atoms with van der Waals surface area (Å²) in [5.41, 5.74) is 5.82. The zero-order chi connectivity index (χ0) is 30.5. The van der Waals surface area contributed by atoms with Crippen molar-refractivity contribution in [1.82, 2.24) is 10.0 Å². The number of amides is 2. The van der Waals surface area contributed by atoms with E-state index in [1.54, 1.807) is 23.9 Å². The van der Waals surface area contributed by atoms with Crippen LogP contribution >= 0.6 is 0 Å². The van der Waals surface area contributed by atoms with Gasteiger partial charge >= 0.3 is 0 Å². The summed E-state index contributed by atoms with van der Waals surface area (Å²) in [5, 5.41) is 12.4. The molecule has 0 radical (unpaired) electrons. The highest BCUT2D eigenvalue weighted by Crippen LogP contribution is 2.34. The van der Waals surface area contributed by atoms with Crippen molar-refractivity contribution in [2.75, 3.05) is 13.2 Å². The lowest BCUT2D eigenvalue weighted by atomic mass is 9.98. The largest absolute Gasteiger partial charge is 0.490 e. The third-order valence-corrected chi connectivity index (χ3v) is 7.83. The van der Waals surface area contributed by atoms with Gasteiger partial charge in [0.1, 0.15) is 24.7 Å². The molecule has 2 aliphatic heterocycles. The number of hydrogen-bond acceptors (Lipinski definition) is 6. The zero-order valence-corrected chi connectivity index (χ0v) is 24.8.